The smallest absolute Gasteiger partial charge is 0.240 e. The Labute approximate surface area is 155 Å². The molecule has 2 heterocycles. The number of carbonyl (C=O) groups is 1. The Bertz CT molecular complexity index is 774. The molecule has 0 radical (unpaired) electrons. The van der Waals surface area contributed by atoms with Gasteiger partial charge in [-0.2, -0.15) is 0 Å². The van der Waals surface area contributed by atoms with Crippen molar-refractivity contribution in [3.63, 3.8) is 0 Å². The van der Waals surface area contributed by atoms with E-state index in [0.717, 1.165) is 43.1 Å². The predicted octanol–water partition coefficient (Wildman–Crippen LogP) is 2.47. The molecule has 0 unspecified atom stereocenters. The van der Waals surface area contributed by atoms with Crippen LogP contribution in [0.3, 0.4) is 0 Å². The SMILES string of the molecule is Cc1cccc(N2CCN(CC(=O)Nc3nc(C)c(C)c(C)n3)CC2)c1. The maximum atomic E-state index is 12.3. The zero-order valence-electron chi connectivity index (χ0n) is 16.0. The van der Waals surface area contributed by atoms with Crippen molar-refractivity contribution in [2.45, 2.75) is 27.7 Å². The minimum Gasteiger partial charge on any atom is -0.369 e. The van der Waals surface area contributed by atoms with Gasteiger partial charge in [-0.25, -0.2) is 9.97 Å². The van der Waals surface area contributed by atoms with E-state index in [1.807, 2.05) is 20.8 Å². The summed E-state index contributed by atoms with van der Waals surface area (Å²) in [6.45, 7) is 11.9. The third kappa shape index (κ3) is 4.38. The molecule has 6 nitrogen and oxygen atoms in total. The lowest BCUT2D eigenvalue weighted by molar-refractivity contribution is -0.117. The summed E-state index contributed by atoms with van der Waals surface area (Å²) in [7, 11) is 0. The van der Waals surface area contributed by atoms with Crippen LogP contribution in [0.4, 0.5) is 11.6 Å². The number of nitrogens with zero attached hydrogens (tertiary/aromatic N) is 4. The number of rotatable bonds is 4. The summed E-state index contributed by atoms with van der Waals surface area (Å²) in [6, 6.07) is 8.56. The summed E-state index contributed by atoms with van der Waals surface area (Å²) in [6.07, 6.45) is 0. The third-order valence-corrected chi connectivity index (χ3v) is 4.99. The monoisotopic (exact) mass is 353 g/mol. The molecule has 0 bridgehead atoms. The van der Waals surface area contributed by atoms with E-state index < -0.39 is 0 Å². The lowest BCUT2D eigenvalue weighted by Crippen LogP contribution is -2.48. The zero-order valence-corrected chi connectivity index (χ0v) is 16.0. The van der Waals surface area contributed by atoms with Crippen molar-refractivity contribution in [3.8, 4) is 0 Å². The number of anilines is 2. The molecule has 1 amide bonds. The zero-order chi connectivity index (χ0) is 18.7. The molecule has 1 aromatic heterocycles. The Balaban J connectivity index is 1.52. The molecule has 1 fully saturated rings. The fourth-order valence-corrected chi connectivity index (χ4v) is 3.18. The van der Waals surface area contributed by atoms with E-state index in [9.17, 15) is 4.79 Å². The van der Waals surface area contributed by atoms with Crippen LogP contribution in [0.1, 0.15) is 22.5 Å². The van der Waals surface area contributed by atoms with Crippen LogP contribution < -0.4 is 10.2 Å². The number of aryl methyl sites for hydroxylation is 3. The highest BCUT2D eigenvalue weighted by Gasteiger charge is 2.20. The second kappa shape index (κ2) is 7.83. The molecule has 1 aliphatic rings. The second-order valence-corrected chi connectivity index (χ2v) is 6.99. The first-order valence-corrected chi connectivity index (χ1v) is 9.08. The molecule has 0 spiro atoms. The molecule has 1 N–H and O–H groups in total. The number of hydrogen-bond acceptors (Lipinski definition) is 5. The van der Waals surface area contributed by atoms with Crippen molar-refractivity contribution in [1.82, 2.24) is 14.9 Å². The van der Waals surface area contributed by atoms with Gasteiger partial charge in [0, 0.05) is 43.3 Å². The molecule has 1 saturated heterocycles. The number of benzene rings is 1. The van der Waals surface area contributed by atoms with E-state index in [2.05, 4.69) is 56.3 Å². The van der Waals surface area contributed by atoms with Crippen LogP contribution in [-0.4, -0.2) is 53.5 Å². The summed E-state index contributed by atoms with van der Waals surface area (Å²) >= 11 is 0. The lowest BCUT2D eigenvalue weighted by Gasteiger charge is -2.35. The topological polar surface area (TPSA) is 61.4 Å². The van der Waals surface area contributed by atoms with E-state index >= 15 is 0 Å². The Morgan fingerprint density at radius 1 is 1.04 bits per heavy atom. The number of amides is 1. The molecule has 6 heteroatoms. The minimum absolute atomic E-state index is 0.0586. The van der Waals surface area contributed by atoms with E-state index in [4.69, 9.17) is 0 Å². The highest BCUT2D eigenvalue weighted by molar-refractivity contribution is 5.90. The van der Waals surface area contributed by atoms with Crippen molar-refractivity contribution in [3.05, 3.63) is 46.8 Å². The third-order valence-electron chi connectivity index (χ3n) is 4.99. The molecule has 138 valence electrons. The average Bonchev–Trinajstić information content (AvgIpc) is 2.60. The van der Waals surface area contributed by atoms with Gasteiger partial charge in [-0.3, -0.25) is 15.0 Å². The van der Waals surface area contributed by atoms with Crippen LogP contribution in [0.15, 0.2) is 24.3 Å². The van der Waals surface area contributed by atoms with Gasteiger partial charge in [-0.1, -0.05) is 12.1 Å². The Hall–Kier alpha value is -2.47. The first-order chi connectivity index (χ1) is 12.4. The van der Waals surface area contributed by atoms with Crippen LogP contribution in [-0.2, 0) is 4.79 Å². The van der Waals surface area contributed by atoms with Crippen LogP contribution in [0, 0.1) is 27.7 Å². The molecule has 0 aliphatic carbocycles. The van der Waals surface area contributed by atoms with Gasteiger partial charge in [0.1, 0.15) is 0 Å². The Morgan fingerprint density at radius 3 is 2.31 bits per heavy atom. The molecule has 26 heavy (non-hydrogen) atoms. The number of aromatic nitrogens is 2. The first kappa shape index (κ1) is 18.3. The van der Waals surface area contributed by atoms with Gasteiger partial charge < -0.3 is 4.90 Å². The molecule has 0 saturated carbocycles. The fraction of sp³-hybridized carbons (Fsp3) is 0.450. The normalized spacial score (nSPS) is 15.2. The standard InChI is InChI=1S/C20H27N5O/c1-14-6-5-7-18(12-14)25-10-8-24(9-11-25)13-19(26)23-20-21-16(3)15(2)17(4)22-20/h5-7,12H,8-11,13H2,1-4H3,(H,21,22,23,26). The van der Waals surface area contributed by atoms with E-state index in [-0.39, 0.29) is 5.91 Å². The first-order valence-electron chi connectivity index (χ1n) is 9.08. The van der Waals surface area contributed by atoms with Gasteiger partial charge in [0.2, 0.25) is 11.9 Å². The van der Waals surface area contributed by atoms with Gasteiger partial charge in [0.25, 0.3) is 0 Å². The lowest BCUT2D eigenvalue weighted by atomic mass is 10.2. The Morgan fingerprint density at radius 2 is 1.69 bits per heavy atom. The molecular weight excluding hydrogens is 326 g/mol. The van der Waals surface area contributed by atoms with Gasteiger partial charge >= 0.3 is 0 Å². The van der Waals surface area contributed by atoms with Crippen molar-refractivity contribution >= 4 is 17.5 Å². The number of nitrogens with one attached hydrogen (secondary N) is 1. The van der Waals surface area contributed by atoms with Crippen molar-refractivity contribution < 1.29 is 4.79 Å². The molecule has 1 aliphatic heterocycles. The molecular formula is C20H27N5O. The summed E-state index contributed by atoms with van der Waals surface area (Å²) in [4.78, 5) is 25.6. The maximum Gasteiger partial charge on any atom is 0.240 e. The minimum atomic E-state index is -0.0586. The summed E-state index contributed by atoms with van der Waals surface area (Å²) in [5.74, 6) is 0.339. The number of hydrogen-bond donors (Lipinski definition) is 1. The highest BCUT2D eigenvalue weighted by atomic mass is 16.2. The highest BCUT2D eigenvalue weighted by Crippen LogP contribution is 2.18. The van der Waals surface area contributed by atoms with Gasteiger partial charge in [-0.15, -0.1) is 0 Å². The number of carbonyl (C=O) groups excluding carboxylic acids is 1. The second-order valence-electron chi connectivity index (χ2n) is 6.99. The van der Waals surface area contributed by atoms with Crippen molar-refractivity contribution in [2.75, 3.05) is 42.9 Å². The average molecular weight is 353 g/mol. The largest absolute Gasteiger partial charge is 0.369 e. The molecule has 0 atom stereocenters. The fourth-order valence-electron chi connectivity index (χ4n) is 3.18. The number of piperazine rings is 1. The van der Waals surface area contributed by atoms with Crippen molar-refractivity contribution in [2.24, 2.45) is 0 Å². The van der Waals surface area contributed by atoms with Crippen LogP contribution in [0.25, 0.3) is 0 Å². The van der Waals surface area contributed by atoms with E-state index in [1.54, 1.807) is 0 Å². The van der Waals surface area contributed by atoms with Crippen molar-refractivity contribution in [1.29, 1.82) is 0 Å². The van der Waals surface area contributed by atoms with E-state index in [0.29, 0.717) is 12.5 Å². The quantitative estimate of drug-likeness (QED) is 0.915. The van der Waals surface area contributed by atoms with Gasteiger partial charge in [0.05, 0.1) is 6.54 Å². The molecule has 3 rings (SSSR count). The van der Waals surface area contributed by atoms with E-state index in [1.165, 1.54) is 11.3 Å². The molecule has 2 aromatic rings. The summed E-state index contributed by atoms with van der Waals surface area (Å²) in [5, 5.41) is 2.83. The maximum absolute atomic E-state index is 12.3. The molecule has 1 aromatic carbocycles. The van der Waals surface area contributed by atoms with Gasteiger partial charge in [-0.05, 0) is 51.0 Å². The predicted molar refractivity (Wildman–Crippen MR) is 105 cm³/mol. The summed E-state index contributed by atoms with van der Waals surface area (Å²) < 4.78 is 0. The van der Waals surface area contributed by atoms with Gasteiger partial charge in [0.15, 0.2) is 0 Å². The van der Waals surface area contributed by atoms with Crippen LogP contribution in [0.2, 0.25) is 0 Å². The summed E-state index contributed by atoms with van der Waals surface area (Å²) in [5.41, 5.74) is 5.40. The van der Waals surface area contributed by atoms with Crippen LogP contribution >= 0.6 is 0 Å². The Kier molecular flexibility index (Phi) is 5.52. The van der Waals surface area contributed by atoms with Crippen LogP contribution in [0.5, 0.6) is 0 Å².